The van der Waals surface area contributed by atoms with E-state index in [1.54, 1.807) is 0 Å². The molecule has 2 atom stereocenters. The molecule has 2 N–H and O–H groups in total. The Morgan fingerprint density at radius 1 is 1.23 bits per heavy atom. The van der Waals surface area contributed by atoms with Gasteiger partial charge in [0.2, 0.25) is 11.8 Å². The third kappa shape index (κ3) is 3.08. The highest BCUT2D eigenvalue weighted by Gasteiger charge is 2.59. The molecular formula is C20H24N2O4. The molecule has 26 heavy (non-hydrogen) atoms. The summed E-state index contributed by atoms with van der Waals surface area (Å²) in [5, 5.41) is 12.1. The standard InChI is InChI=1S/C20H24N2O4/c23-17(22-9-7-20(8-10-22)12-15(20)19(25)26)6-5-14-11-13-3-1-2-4-16(13)21-18(14)24/h1-4,14-15H,5-12H2,(H,21,24)(H,25,26). The van der Waals surface area contributed by atoms with Crippen LogP contribution in [0.1, 0.15) is 37.7 Å². The molecule has 1 aliphatic carbocycles. The minimum absolute atomic E-state index is 0.00335. The Morgan fingerprint density at radius 3 is 2.65 bits per heavy atom. The predicted octanol–water partition coefficient (Wildman–Crippen LogP) is 2.29. The zero-order valence-corrected chi connectivity index (χ0v) is 14.7. The van der Waals surface area contributed by atoms with E-state index in [4.69, 9.17) is 5.11 Å². The number of para-hydroxylation sites is 1. The second-order valence-corrected chi connectivity index (χ2v) is 7.92. The zero-order valence-electron chi connectivity index (χ0n) is 14.7. The van der Waals surface area contributed by atoms with E-state index >= 15 is 0 Å². The first-order valence-electron chi connectivity index (χ1n) is 9.38. The van der Waals surface area contributed by atoms with Gasteiger partial charge in [0.25, 0.3) is 0 Å². The maximum Gasteiger partial charge on any atom is 0.307 e. The molecule has 2 unspecified atom stereocenters. The molecule has 4 rings (SSSR count). The molecule has 6 nitrogen and oxygen atoms in total. The maximum absolute atomic E-state index is 12.5. The number of likely N-dealkylation sites (tertiary alicyclic amines) is 1. The Hall–Kier alpha value is -2.37. The zero-order chi connectivity index (χ0) is 18.3. The molecule has 0 aromatic heterocycles. The number of carbonyl (C=O) groups excluding carboxylic acids is 2. The maximum atomic E-state index is 12.5. The number of rotatable bonds is 4. The number of carbonyl (C=O) groups is 3. The lowest BCUT2D eigenvalue weighted by Gasteiger charge is -2.33. The van der Waals surface area contributed by atoms with Crippen LogP contribution in [-0.4, -0.2) is 40.9 Å². The van der Waals surface area contributed by atoms with Crippen LogP contribution in [0.25, 0.3) is 0 Å². The number of piperidine rings is 1. The summed E-state index contributed by atoms with van der Waals surface area (Å²) in [7, 11) is 0. The summed E-state index contributed by atoms with van der Waals surface area (Å²) in [5.41, 5.74) is 1.94. The molecule has 138 valence electrons. The van der Waals surface area contributed by atoms with Gasteiger partial charge in [-0.25, -0.2) is 0 Å². The van der Waals surface area contributed by atoms with Gasteiger partial charge in [-0.1, -0.05) is 18.2 Å². The van der Waals surface area contributed by atoms with Crippen LogP contribution in [0.15, 0.2) is 24.3 Å². The van der Waals surface area contributed by atoms with Crippen LogP contribution < -0.4 is 5.32 Å². The fourth-order valence-corrected chi connectivity index (χ4v) is 4.55. The highest BCUT2D eigenvalue weighted by atomic mass is 16.4. The molecule has 3 aliphatic rings. The monoisotopic (exact) mass is 356 g/mol. The summed E-state index contributed by atoms with van der Waals surface area (Å²) in [5.74, 6) is -1.00. The van der Waals surface area contributed by atoms with E-state index < -0.39 is 5.97 Å². The van der Waals surface area contributed by atoms with Gasteiger partial charge in [0.05, 0.1) is 5.92 Å². The summed E-state index contributed by atoms with van der Waals surface area (Å²) < 4.78 is 0. The third-order valence-electron chi connectivity index (χ3n) is 6.42. The van der Waals surface area contributed by atoms with Crippen molar-refractivity contribution >= 4 is 23.5 Å². The first kappa shape index (κ1) is 17.1. The van der Waals surface area contributed by atoms with E-state index in [0.29, 0.717) is 32.4 Å². The average Bonchev–Trinajstić information content (AvgIpc) is 3.34. The summed E-state index contributed by atoms with van der Waals surface area (Å²) in [6.07, 6.45) is 3.93. The third-order valence-corrected chi connectivity index (χ3v) is 6.42. The van der Waals surface area contributed by atoms with Crippen molar-refractivity contribution in [3.05, 3.63) is 29.8 Å². The number of nitrogens with one attached hydrogen (secondary N) is 1. The fraction of sp³-hybridized carbons (Fsp3) is 0.550. The molecule has 2 heterocycles. The van der Waals surface area contributed by atoms with Gasteiger partial charge in [-0.05, 0) is 49.1 Å². The summed E-state index contributed by atoms with van der Waals surface area (Å²) in [6, 6.07) is 7.79. The molecule has 0 bridgehead atoms. The first-order valence-corrected chi connectivity index (χ1v) is 9.38. The van der Waals surface area contributed by atoms with Gasteiger partial charge in [-0.2, -0.15) is 0 Å². The SMILES string of the molecule is O=C1Nc2ccccc2CC1CCC(=O)N1CCC2(CC1)CC2C(=O)O. The predicted molar refractivity (Wildman–Crippen MR) is 95.5 cm³/mol. The normalized spacial score (nSPS) is 26.2. The molecule has 1 spiro atoms. The van der Waals surface area contributed by atoms with Gasteiger partial charge in [0, 0.05) is 31.1 Å². The number of benzene rings is 1. The number of aliphatic carboxylic acids is 1. The van der Waals surface area contributed by atoms with Crippen LogP contribution in [0.2, 0.25) is 0 Å². The smallest absolute Gasteiger partial charge is 0.307 e. The van der Waals surface area contributed by atoms with E-state index in [0.717, 1.165) is 30.5 Å². The van der Waals surface area contributed by atoms with Gasteiger partial charge < -0.3 is 15.3 Å². The molecular weight excluding hydrogens is 332 g/mol. The Morgan fingerprint density at radius 2 is 1.96 bits per heavy atom. The van der Waals surface area contributed by atoms with Gasteiger partial charge >= 0.3 is 5.97 Å². The lowest BCUT2D eigenvalue weighted by atomic mass is 9.88. The average molecular weight is 356 g/mol. The summed E-state index contributed by atoms with van der Waals surface area (Å²) in [6.45, 7) is 1.28. The number of hydrogen-bond donors (Lipinski definition) is 2. The molecule has 2 fully saturated rings. The Balaban J connectivity index is 1.27. The molecule has 2 aliphatic heterocycles. The topological polar surface area (TPSA) is 86.7 Å². The van der Waals surface area contributed by atoms with Crippen LogP contribution in [0.3, 0.4) is 0 Å². The van der Waals surface area contributed by atoms with E-state index in [-0.39, 0.29) is 29.1 Å². The van der Waals surface area contributed by atoms with Crippen molar-refractivity contribution in [3.8, 4) is 0 Å². The van der Waals surface area contributed by atoms with Crippen LogP contribution in [0.5, 0.6) is 0 Å². The van der Waals surface area contributed by atoms with Crippen LogP contribution >= 0.6 is 0 Å². The van der Waals surface area contributed by atoms with Gasteiger partial charge in [0.15, 0.2) is 0 Å². The number of anilines is 1. The molecule has 1 aromatic rings. The van der Waals surface area contributed by atoms with E-state index in [1.807, 2.05) is 29.2 Å². The Bertz CT molecular complexity index is 752. The highest BCUT2D eigenvalue weighted by Crippen LogP contribution is 2.59. The van der Waals surface area contributed by atoms with Crippen molar-refractivity contribution in [2.75, 3.05) is 18.4 Å². The summed E-state index contributed by atoms with van der Waals surface area (Å²) >= 11 is 0. The first-order chi connectivity index (χ1) is 12.5. The van der Waals surface area contributed by atoms with Crippen LogP contribution in [-0.2, 0) is 20.8 Å². The van der Waals surface area contributed by atoms with Gasteiger partial charge in [-0.15, -0.1) is 0 Å². The van der Waals surface area contributed by atoms with E-state index in [1.165, 1.54) is 0 Å². The van der Waals surface area contributed by atoms with Gasteiger partial charge in [-0.3, -0.25) is 14.4 Å². The Labute approximate surface area is 152 Å². The number of fused-ring (bicyclic) bond motifs is 1. The molecule has 1 saturated carbocycles. The van der Waals surface area contributed by atoms with Crippen molar-refractivity contribution in [1.82, 2.24) is 4.90 Å². The van der Waals surface area contributed by atoms with Crippen molar-refractivity contribution in [2.45, 2.75) is 38.5 Å². The molecule has 0 radical (unpaired) electrons. The van der Waals surface area contributed by atoms with E-state index in [9.17, 15) is 14.4 Å². The molecule has 2 amide bonds. The molecule has 6 heteroatoms. The highest BCUT2D eigenvalue weighted by molar-refractivity contribution is 5.96. The van der Waals surface area contributed by atoms with Crippen molar-refractivity contribution < 1.29 is 19.5 Å². The summed E-state index contributed by atoms with van der Waals surface area (Å²) in [4.78, 5) is 37.7. The van der Waals surface area contributed by atoms with Crippen LogP contribution in [0, 0.1) is 17.3 Å². The lowest BCUT2D eigenvalue weighted by Crippen LogP contribution is -2.40. The minimum atomic E-state index is -0.701. The van der Waals surface area contributed by atoms with Crippen LogP contribution in [0.4, 0.5) is 5.69 Å². The number of nitrogens with zero attached hydrogens (tertiary/aromatic N) is 1. The number of hydrogen-bond acceptors (Lipinski definition) is 3. The van der Waals surface area contributed by atoms with Crippen molar-refractivity contribution in [1.29, 1.82) is 0 Å². The van der Waals surface area contributed by atoms with Crippen molar-refractivity contribution in [3.63, 3.8) is 0 Å². The lowest BCUT2D eigenvalue weighted by molar-refractivity contribution is -0.139. The second-order valence-electron chi connectivity index (χ2n) is 7.92. The van der Waals surface area contributed by atoms with Crippen molar-refractivity contribution in [2.24, 2.45) is 17.3 Å². The van der Waals surface area contributed by atoms with E-state index in [2.05, 4.69) is 5.32 Å². The number of carboxylic acid groups (broad SMARTS) is 1. The largest absolute Gasteiger partial charge is 0.481 e. The number of carboxylic acids is 1. The number of amides is 2. The minimum Gasteiger partial charge on any atom is -0.481 e. The quantitative estimate of drug-likeness (QED) is 0.867. The Kier molecular flexibility index (Phi) is 4.21. The fourth-order valence-electron chi connectivity index (χ4n) is 4.55. The van der Waals surface area contributed by atoms with Gasteiger partial charge in [0.1, 0.15) is 0 Å². The second kappa shape index (κ2) is 6.41. The molecule has 1 saturated heterocycles. The molecule has 1 aromatic carbocycles.